The van der Waals surface area contributed by atoms with Gasteiger partial charge in [0.2, 0.25) is 0 Å². The SMILES string of the molecule is CC(C)(C)OC(=O)NC(Cc1cc(C(F)(F)F)ccn1)C(=O)O. The van der Waals surface area contributed by atoms with Crippen molar-refractivity contribution in [2.24, 2.45) is 0 Å². The number of halogens is 3. The van der Waals surface area contributed by atoms with Crippen LogP contribution in [0.4, 0.5) is 18.0 Å². The molecule has 0 aromatic carbocycles. The molecule has 1 amide bonds. The summed E-state index contributed by atoms with van der Waals surface area (Å²) in [6.07, 6.45) is -5.00. The molecule has 1 heterocycles. The maximum atomic E-state index is 12.6. The first-order valence-corrected chi connectivity index (χ1v) is 6.63. The first-order chi connectivity index (χ1) is 10.4. The number of carboxylic acid groups (broad SMARTS) is 1. The Kier molecular flexibility index (Phi) is 5.57. The van der Waals surface area contributed by atoms with E-state index in [1.165, 1.54) is 0 Å². The molecule has 23 heavy (non-hydrogen) atoms. The fraction of sp³-hybridized carbons (Fsp3) is 0.500. The number of pyridine rings is 1. The molecule has 6 nitrogen and oxygen atoms in total. The molecule has 2 N–H and O–H groups in total. The van der Waals surface area contributed by atoms with Crippen LogP contribution in [0.3, 0.4) is 0 Å². The molecule has 0 aliphatic carbocycles. The highest BCUT2D eigenvalue weighted by atomic mass is 19.4. The minimum atomic E-state index is -4.56. The summed E-state index contributed by atoms with van der Waals surface area (Å²) in [7, 11) is 0. The molecule has 1 rings (SSSR count). The second-order valence-electron chi connectivity index (χ2n) is 5.77. The van der Waals surface area contributed by atoms with Gasteiger partial charge in [-0.15, -0.1) is 0 Å². The second kappa shape index (κ2) is 6.84. The van der Waals surface area contributed by atoms with Gasteiger partial charge in [-0.05, 0) is 32.9 Å². The number of aromatic nitrogens is 1. The van der Waals surface area contributed by atoms with E-state index in [9.17, 15) is 22.8 Å². The van der Waals surface area contributed by atoms with Crippen LogP contribution in [0.25, 0.3) is 0 Å². The Morgan fingerprint density at radius 2 is 1.96 bits per heavy atom. The molecule has 0 bridgehead atoms. The number of alkyl carbamates (subject to hydrolysis) is 1. The number of nitrogens with zero attached hydrogens (tertiary/aromatic N) is 1. The minimum Gasteiger partial charge on any atom is -0.480 e. The van der Waals surface area contributed by atoms with E-state index in [1.807, 2.05) is 0 Å². The predicted molar refractivity (Wildman–Crippen MR) is 73.7 cm³/mol. The molecular formula is C14H17F3N2O4. The van der Waals surface area contributed by atoms with Gasteiger partial charge in [-0.3, -0.25) is 4.98 Å². The third kappa shape index (κ3) is 6.54. The van der Waals surface area contributed by atoms with Gasteiger partial charge in [-0.2, -0.15) is 13.2 Å². The minimum absolute atomic E-state index is 0.108. The van der Waals surface area contributed by atoms with Crippen molar-refractivity contribution >= 4 is 12.1 Å². The van der Waals surface area contributed by atoms with Gasteiger partial charge >= 0.3 is 18.2 Å². The van der Waals surface area contributed by atoms with E-state index < -0.39 is 41.9 Å². The molecule has 1 atom stereocenters. The van der Waals surface area contributed by atoms with Gasteiger partial charge in [0.15, 0.2) is 0 Å². The lowest BCUT2D eigenvalue weighted by Gasteiger charge is -2.22. The van der Waals surface area contributed by atoms with Gasteiger partial charge in [0.25, 0.3) is 0 Å². The first-order valence-electron chi connectivity index (χ1n) is 6.63. The van der Waals surface area contributed by atoms with Crippen LogP contribution < -0.4 is 5.32 Å². The smallest absolute Gasteiger partial charge is 0.416 e. The molecule has 0 spiro atoms. The number of amides is 1. The third-order valence-electron chi connectivity index (χ3n) is 2.55. The lowest BCUT2D eigenvalue weighted by molar-refractivity contribution is -0.139. The summed E-state index contributed by atoms with van der Waals surface area (Å²) >= 11 is 0. The summed E-state index contributed by atoms with van der Waals surface area (Å²) in [5, 5.41) is 11.2. The molecule has 0 aliphatic heterocycles. The summed E-state index contributed by atoms with van der Waals surface area (Å²) in [5.74, 6) is -1.41. The van der Waals surface area contributed by atoms with E-state index in [-0.39, 0.29) is 5.69 Å². The number of hydrogen-bond acceptors (Lipinski definition) is 4. The monoisotopic (exact) mass is 334 g/mol. The largest absolute Gasteiger partial charge is 0.480 e. The number of carboxylic acids is 1. The van der Waals surface area contributed by atoms with E-state index in [1.54, 1.807) is 20.8 Å². The molecular weight excluding hydrogens is 317 g/mol. The van der Waals surface area contributed by atoms with Gasteiger partial charge in [0.05, 0.1) is 5.56 Å². The normalized spacial score (nSPS) is 13.3. The fourth-order valence-corrected chi connectivity index (χ4v) is 1.63. The third-order valence-corrected chi connectivity index (χ3v) is 2.55. The highest BCUT2D eigenvalue weighted by Crippen LogP contribution is 2.29. The summed E-state index contributed by atoms with van der Waals surface area (Å²) in [4.78, 5) is 26.5. The molecule has 0 radical (unpaired) electrons. The Balaban J connectivity index is 2.85. The topological polar surface area (TPSA) is 88.5 Å². The molecule has 128 valence electrons. The average molecular weight is 334 g/mol. The van der Waals surface area contributed by atoms with Crippen molar-refractivity contribution in [3.63, 3.8) is 0 Å². The van der Waals surface area contributed by atoms with Crippen molar-refractivity contribution < 1.29 is 32.6 Å². The van der Waals surface area contributed by atoms with E-state index in [0.29, 0.717) is 0 Å². The Morgan fingerprint density at radius 1 is 1.35 bits per heavy atom. The van der Waals surface area contributed by atoms with Gasteiger partial charge in [-0.1, -0.05) is 0 Å². The summed E-state index contributed by atoms with van der Waals surface area (Å²) in [5.41, 5.74) is -1.88. The van der Waals surface area contributed by atoms with Crippen molar-refractivity contribution in [3.8, 4) is 0 Å². The molecule has 0 aliphatic rings. The van der Waals surface area contributed by atoms with E-state index in [2.05, 4.69) is 10.3 Å². The number of rotatable bonds is 4. The summed E-state index contributed by atoms with van der Waals surface area (Å²) in [6, 6.07) is 0.0636. The number of nitrogens with one attached hydrogen (secondary N) is 1. The van der Waals surface area contributed by atoms with Crippen LogP contribution in [0, 0.1) is 0 Å². The number of carbonyl (C=O) groups excluding carboxylic acids is 1. The zero-order valence-corrected chi connectivity index (χ0v) is 12.8. The number of aliphatic carboxylic acids is 1. The zero-order chi connectivity index (χ0) is 17.8. The highest BCUT2D eigenvalue weighted by molar-refractivity contribution is 5.80. The molecule has 0 fully saturated rings. The van der Waals surface area contributed by atoms with Crippen LogP contribution in [0.1, 0.15) is 32.0 Å². The summed E-state index contributed by atoms with van der Waals surface area (Å²) in [6.45, 7) is 4.78. The molecule has 0 saturated carbocycles. The standard InChI is InChI=1S/C14H17F3N2O4/c1-13(2,3)23-12(22)19-10(11(20)21)7-9-6-8(4-5-18-9)14(15,16)17/h4-6,10H,7H2,1-3H3,(H,19,22)(H,20,21). The van der Waals surface area contributed by atoms with Crippen LogP contribution in [-0.2, 0) is 22.1 Å². The van der Waals surface area contributed by atoms with Crippen molar-refractivity contribution in [1.29, 1.82) is 0 Å². The van der Waals surface area contributed by atoms with Crippen molar-refractivity contribution in [3.05, 3.63) is 29.6 Å². The van der Waals surface area contributed by atoms with E-state index >= 15 is 0 Å². The van der Waals surface area contributed by atoms with Crippen molar-refractivity contribution in [2.45, 2.75) is 45.0 Å². The molecule has 1 aromatic heterocycles. The molecule has 1 unspecified atom stereocenters. The van der Waals surface area contributed by atoms with Gasteiger partial charge in [0, 0.05) is 18.3 Å². The van der Waals surface area contributed by atoms with Crippen LogP contribution in [-0.4, -0.2) is 33.8 Å². The predicted octanol–water partition coefficient (Wildman–Crippen LogP) is 2.62. The molecule has 9 heteroatoms. The highest BCUT2D eigenvalue weighted by Gasteiger charge is 2.31. The number of carbonyl (C=O) groups is 2. The van der Waals surface area contributed by atoms with Gasteiger partial charge in [-0.25, -0.2) is 9.59 Å². The zero-order valence-electron chi connectivity index (χ0n) is 12.8. The van der Waals surface area contributed by atoms with E-state index in [4.69, 9.17) is 9.84 Å². The van der Waals surface area contributed by atoms with E-state index in [0.717, 1.165) is 18.3 Å². The van der Waals surface area contributed by atoms with Crippen LogP contribution in [0.15, 0.2) is 18.3 Å². The van der Waals surface area contributed by atoms with Crippen molar-refractivity contribution in [2.75, 3.05) is 0 Å². The lowest BCUT2D eigenvalue weighted by atomic mass is 10.1. The lowest BCUT2D eigenvalue weighted by Crippen LogP contribution is -2.44. The van der Waals surface area contributed by atoms with Crippen molar-refractivity contribution in [1.82, 2.24) is 10.3 Å². The Bertz CT molecular complexity index is 582. The van der Waals surface area contributed by atoms with Gasteiger partial charge < -0.3 is 15.2 Å². The van der Waals surface area contributed by atoms with Gasteiger partial charge in [0.1, 0.15) is 11.6 Å². The van der Waals surface area contributed by atoms with Crippen LogP contribution in [0.2, 0.25) is 0 Å². The van der Waals surface area contributed by atoms with Crippen LogP contribution >= 0.6 is 0 Å². The fourth-order valence-electron chi connectivity index (χ4n) is 1.63. The Morgan fingerprint density at radius 3 is 2.43 bits per heavy atom. The number of hydrogen-bond donors (Lipinski definition) is 2. The van der Waals surface area contributed by atoms with Crippen LogP contribution in [0.5, 0.6) is 0 Å². The Labute approximate surface area is 130 Å². The first kappa shape index (κ1) is 18.7. The number of alkyl halides is 3. The Hall–Kier alpha value is -2.32. The quantitative estimate of drug-likeness (QED) is 0.884. The summed E-state index contributed by atoms with van der Waals surface area (Å²) < 4.78 is 42.8. The second-order valence-corrected chi connectivity index (χ2v) is 5.77. The maximum absolute atomic E-state index is 12.6. The maximum Gasteiger partial charge on any atom is 0.416 e. The molecule has 1 aromatic rings. The number of ether oxygens (including phenoxy) is 1. The average Bonchev–Trinajstić information content (AvgIpc) is 2.35. The molecule has 0 saturated heterocycles.